The molecule has 0 aliphatic rings. The number of nitrogens with two attached hydrogens (primary N) is 1. The zero-order chi connectivity index (χ0) is 13.0. The molecule has 0 aliphatic heterocycles. The van der Waals surface area contributed by atoms with Gasteiger partial charge in [-0.25, -0.2) is 9.82 Å². The minimum Gasteiger partial charge on any atom is -0.497 e. The normalized spacial score (nSPS) is 12.2. The number of nitrogens with one attached hydrogen (secondary N) is 1. The van der Waals surface area contributed by atoms with Gasteiger partial charge in [0.15, 0.2) is 0 Å². The second-order valence-electron chi connectivity index (χ2n) is 3.93. The van der Waals surface area contributed by atoms with E-state index >= 15 is 0 Å². The van der Waals surface area contributed by atoms with E-state index in [0.717, 1.165) is 16.9 Å². The van der Waals surface area contributed by atoms with Gasteiger partial charge in [0.1, 0.15) is 11.6 Å². The van der Waals surface area contributed by atoms with Crippen LogP contribution in [-0.4, -0.2) is 7.11 Å². The largest absolute Gasteiger partial charge is 0.497 e. The molecule has 0 fully saturated rings. The van der Waals surface area contributed by atoms with Crippen LogP contribution in [0.4, 0.5) is 4.39 Å². The van der Waals surface area contributed by atoms with Gasteiger partial charge in [-0.05, 0) is 35.4 Å². The molecule has 18 heavy (non-hydrogen) atoms. The van der Waals surface area contributed by atoms with Crippen LogP contribution < -0.4 is 16.0 Å². The fourth-order valence-corrected chi connectivity index (χ4v) is 1.87. The number of benzene rings is 2. The number of ether oxygens (including phenoxy) is 1. The highest BCUT2D eigenvalue weighted by Gasteiger charge is 2.12. The van der Waals surface area contributed by atoms with Crippen molar-refractivity contribution in [3.05, 3.63) is 65.5 Å². The van der Waals surface area contributed by atoms with Gasteiger partial charge in [-0.3, -0.25) is 5.84 Å². The summed E-state index contributed by atoms with van der Waals surface area (Å²) in [6.07, 6.45) is 0. The molecule has 1 atom stereocenters. The predicted octanol–water partition coefficient (Wildman–Crippen LogP) is 2.39. The van der Waals surface area contributed by atoms with Gasteiger partial charge in [-0.15, -0.1) is 0 Å². The molecule has 94 valence electrons. The van der Waals surface area contributed by atoms with Crippen molar-refractivity contribution in [1.82, 2.24) is 5.43 Å². The fraction of sp³-hybridized carbons (Fsp3) is 0.143. The average molecular weight is 246 g/mol. The molecule has 0 radical (unpaired) electrons. The van der Waals surface area contributed by atoms with Crippen molar-refractivity contribution in [2.75, 3.05) is 7.11 Å². The number of rotatable bonds is 4. The topological polar surface area (TPSA) is 47.3 Å². The zero-order valence-electron chi connectivity index (χ0n) is 10.1. The van der Waals surface area contributed by atoms with Crippen molar-refractivity contribution in [2.45, 2.75) is 6.04 Å². The van der Waals surface area contributed by atoms with Crippen LogP contribution in [0.2, 0.25) is 0 Å². The lowest BCUT2D eigenvalue weighted by molar-refractivity contribution is 0.414. The molecule has 0 spiro atoms. The molecule has 2 rings (SSSR count). The van der Waals surface area contributed by atoms with E-state index in [1.54, 1.807) is 13.2 Å². The lowest BCUT2D eigenvalue weighted by Crippen LogP contribution is -2.28. The van der Waals surface area contributed by atoms with Gasteiger partial charge in [0.25, 0.3) is 0 Å². The van der Waals surface area contributed by atoms with Crippen molar-refractivity contribution in [3.63, 3.8) is 0 Å². The van der Waals surface area contributed by atoms with Gasteiger partial charge in [-0.2, -0.15) is 0 Å². The molecule has 0 saturated heterocycles. The molecule has 2 aromatic rings. The van der Waals surface area contributed by atoms with Crippen molar-refractivity contribution < 1.29 is 9.13 Å². The third-order valence-electron chi connectivity index (χ3n) is 2.80. The van der Waals surface area contributed by atoms with Gasteiger partial charge in [0.05, 0.1) is 13.2 Å². The summed E-state index contributed by atoms with van der Waals surface area (Å²) in [5.41, 5.74) is 4.42. The van der Waals surface area contributed by atoms with Crippen LogP contribution in [-0.2, 0) is 0 Å². The van der Waals surface area contributed by atoms with Gasteiger partial charge >= 0.3 is 0 Å². The second kappa shape index (κ2) is 5.62. The molecule has 0 aromatic heterocycles. The molecule has 0 heterocycles. The first-order valence-corrected chi connectivity index (χ1v) is 5.60. The lowest BCUT2D eigenvalue weighted by Gasteiger charge is -2.17. The first-order valence-electron chi connectivity index (χ1n) is 5.60. The number of hydrogen-bond acceptors (Lipinski definition) is 3. The lowest BCUT2D eigenvalue weighted by atomic mass is 9.99. The third-order valence-corrected chi connectivity index (χ3v) is 2.80. The maximum atomic E-state index is 13.2. The highest BCUT2D eigenvalue weighted by molar-refractivity contribution is 5.35. The van der Waals surface area contributed by atoms with Crippen LogP contribution in [0.3, 0.4) is 0 Å². The van der Waals surface area contributed by atoms with E-state index in [0.29, 0.717) is 0 Å². The molecule has 0 bridgehead atoms. The molecule has 0 aliphatic carbocycles. The Balaban J connectivity index is 2.32. The molecule has 4 heteroatoms. The summed E-state index contributed by atoms with van der Waals surface area (Å²) >= 11 is 0. The minimum absolute atomic E-state index is 0.244. The summed E-state index contributed by atoms with van der Waals surface area (Å²) in [5.74, 6) is 6.05. The highest BCUT2D eigenvalue weighted by atomic mass is 19.1. The van der Waals surface area contributed by atoms with E-state index in [1.807, 2.05) is 30.3 Å². The monoisotopic (exact) mass is 246 g/mol. The first-order chi connectivity index (χ1) is 8.74. The van der Waals surface area contributed by atoms with E-state index in [2.05, 4.69) is 5.43 Å². The maximum absolute atomic E-state index is 13.2. The predicted molar refractivity (Wildman–Crippen MR) is 68.6 cm³/mol. The Kier molecular flexibility index (Phi) is 3.92. The molecule has 3 nitrogen and oxygen atoms in total. The van der Waals surface area contributed by atoms with Crippen LogP contribution in [0.25, 0.3) is 0 Å². The summed E-state index contributed by atoms with van der Waals surface area (Å²) in [6.45, 7) is 0. The number of halogens is 1. The van der Waals surface area contributed by atoms with Gasteiger partial charge in [0, 0.05) is 0 Å². The number of methoxy groups -OCH3 is 1. The van der Waals surface area contributed by atoms with Gasteiger partial charge in [-0.1, -0.05) is 24.3 Å². The second-order valence-corrected chi connectivity index (χ2v) is 3.93. The Morgan fingerprint density at radius 1 is 1.11 bits per heavy atom. The van der Waals surface area contributed by atoms with Crippen LogP contribution >= 0.6 is 0 Å². The van der Waals surface area contributed by atoms with Gasteiger partial charge in [0.2, 0.25) is 0 Å². The van der Waals surface area contributed by atoms with Crippen LogP contribution in [0.5, 0.6) is 5.75 Å². The molecule has 2 aromatic carbocycles. The Labute approximate surface area is 105 Å². The molecule has 0 amide bonds. The van der Waals surface area contributed by atoms with Crippen LogP contribution in [0.15, 0.2) is 48.5 Å². The van der Waals surface area contributed by atoms with Crippen LogP contribution in [0.1, 0.15) is 17.2 Å². The van der Waals surface area contributed by atoms with E-state index in [1.165, 1.54) is 12.1 Å². The fourth-order valence-electron chi connectivity index (χ4n) is 1.87. The van der Waals surface area contributed by atoms with Crippen molar-refractivity contribution in [1.29, 1.82) is 0 Å². The van der Waals surface area contributed by atoms with Crippen molar-refractivity contribution in [3.8, 4) is 5.75 Å². The summed E-state index contributed by atoms with van der Waals surface area (Å²) in [5, 5.41) is 0. The Morgan fingerprint density at radius 3 is 2.39 bits per heavy atom. The summed E-state index contributed by atoms with van der Waals surface area (Å²) < 4.78 is 18.3. The van der Waals surface area contributed by atoms with E-state index in [4.69, 9.17) is 10.6 Å². The van der Waals surface area contributed by atoms with E-state index < -0.39 is 0 Å². The minimum atomic E-state index is -0.277. The van der Waals surface area contributed by atoms with E-state index in [9.17, 15) is 4.39 Å². The molecular formula is C14H15FN2O. The number of hydrazine groups is 1. The van der Waals surface area contributed by atoms with Crippen LogP contribution in [0, 0.1) is 5.82 Å². The highest BCUT2D eigenvalue weighted by Crippen LogP contribution is 2.23. The molecular weight excluding hydrogens is 231 g/mol. The molecule has 0 saturated carbocycles. The summed E-state index contributed by atoms with van der Waals surface area (Å²) in [4.78, 5) is 0. The summed E-state index contributed by atoms with van der Waals surface area (Å²) in [6, 6.07) is 13.6. The molecule has 1 unspecified atom stereocenters. The van der Waals surface area contributed by atoms with Crippen molar-refractivity contribution >= 4 is 0 Å². The molecule has 3 N–H and O–H groups in total. The zero-order valence-corrected chi connectivity index (χ0v) is 10.1. The Morgan fingerprint density at radius 2 is 1.83 bits per heavy atom. The quantitative estimate of drug-likeness (QED) is 0.643. The van der Waals surface area contributed by atoms with E-state index in [-0.39, 0.29) is 11.9 Å². The third kappa shape index (κ3) is 2.67. The average Bonchev–Trinajstić information content (AvgIpc) is 2.40. The summed E-state index contributed by atoms with van der Waals surface area (Å²) in [7, 11) is 1.61. The first kappa shape index (κ1) is 12.5. The van der Waals surface area contributed by atoms with Crippen molar-refractivity contribution in [2.24, 2.45) is 5.84 Å². The Hall–Kier alpha value is -1.91. The smallest absolute Gasteiger partial charge is 0.123 e. The standard InChI is InChI=1S/C14H15FN2O/c1-18-13-7-5-10(6-8-13)14(17-16)11-3-2-4-12(15)9-11/h2-9,14,17H,16H2,1H3. The Bertz CT molecular complexity index is 513. The number of hydrogen-bond donors (Lipinski definition) is 2. The maximum Gasteiger partial charge on any atom is 0.123 e. The van der Waals surface area contributed by atoms with Gasteiger partial charge < -0.3 is 4.74 Å². The SMILES string of the molecule is COc1ccc(C(NN)c2cccc(F)c2)cc1.